The second-order valence-electron chi connectivity index (χ2n) is 4.32. The van der Waals surface area contributed by atoms with Gasteiger partial charge < -0.3 is 10.1 Å². The molecular weight excluding hydrogens is 333 g/mol. The van der Waals surface area contributed by atoms with Crippen LogP contribution in [0, 0.1) is 0 Å². The van der Waals surface area contributed by atoms with Gasteiger partial charge in [0.15, 0.2) is 0 Å². The van der Waals surface area contributed by atoms with Crippen LogP contribution in [0.1, 0.15) is 5.56 Å². The third kappa shape index (κ3) is 4.27. The molecule has 0 aliphatic rings. The van der Waals surface area contributed by atoms with Crippen LogP contribution in [-0.2, 0) is 11.2 Å². The Morgan fingerprint density at radius 2 is 1.67 bits per heavy atom. The van der Waals surface area contributed by atoms with Crippen molar-refractivity contribution < 1.29 is 9.53 Å². The lowest BCUT2D eigenvalue weighted by Gasteiger charge is -2.10. The molecule has 1 amide bonds. The predicted octanol–water partition coefficient (Wildman–Crippen LogP) is 4.84. The van der Waals surface area contributed by atoms with Crippen LogP contribution in [0.2, 0.25) is 15.1 Å². The van der Waals surface area contributed by atoms with E-state index in [1.807, 2.05) is 12.1 Å². The molecule has 6 heteroatoms. The summed E-state index contributed by atoms with van der Waals surface area (Å²) in [5, 5.41) is 3.71. The van der Waals surface area contributed by atoms with Gasteiger partial charge in [-0.3, -0.25) is 4.79 Å². The number of amides is 1. The van der Waals surface area contributed by atoms with Gasteiger partial charge in [-0.15, -0.1) is 0 Å². The summed E-state index contributed by atoms with van der Waals surface area (Å²) in [7, 11) is 1.59. The normalized spacial score (nSPS) is 10.3. The number of carbonyl (C=O) groups excluding carboxylic acids is 1. The molecule has 0 spiro atoms. The van der Waals surface area contributed by atoms with Gasteiger partial charge in [0.2, 0.25) is 5.91 Å². The molecule has 2 aromatic carbocycles. The summed E-state index contributed by atoms with van der Waals surface area (Å²) in [5.41, 5.74) is 1.22. The van der Waals surface area contributed by atoms with Crippen molar-refractivity contribution >= 4 is 46.4 Å². The molecule has 1 N–H and O–H groups in total. The van der Waals surface area contributed by atoms with E-state index in [9.17, 15) is 4.79 Å². The Morgan fingerprint density at radius 3 is 2.19 bits per heavy atom. The molecule has 0 radical (unpaired) electrons. The molecule has 3 nitrogen and oxygen atoms in total. The number of hydrogen-bond acceptors (Lipinski definition) is 2. The van der Waals surface area contributed by atoms with Gasteiger partial charge in [0, 0.05) is 5.02 Å². The largest absolute Gasteiger partial charge is 0.497 e. The molecule has 2 aromatic rings. The third-order valence-corrected chi connectivity index (χ3v) is 3.61. The van der Waals surface area contributed by atoms with Crippen molar-refractivity contribution in [2.75, 3.05) is 12.4 Å². The second-order valence-corrected chi connectivity index (χ2v) is 5.57. The molecule has 0 aliphatic carbocycles. The molecule has 0 unspecified atom stereocenters. The molecule has 0 aliphatic heterocycles. The van der Waals surface area contributed by atoms with Crippen molar-refractivity contribution in [1.29, 1.82) is 0 Å². The molecule has 0 aromatic heterocycles. The first-order valence-corrected chi connectivity index (χ1v) is 7.20. The standard InChI is InChI=1S/C15H12Cl3NO2/c1-21-11-4-2-9(3-5-11)6-14(20)19-15-12(17)7-10(16)8-13(15)18/h2-5,7-8H,6H2,1H3,(H,19,20). The summed E-state index contributed by atoms with van der Waals surface area (Å²) in [6.45, 7) is 0. The lowest BCUT2D eigenvalue weighted by Crippen LogP contribution is -2.15. The maximum Gasteiger partial charge on any atom is 0.228 e. The van der Waals surface area contributed by atoms with E-state index in [0.29, 0.717) is 20.8 Å². The molecule has 0 bridgehead atoms. The fourth-order valence-corrected chi connectivity index (χ4v) is 2.69. The van der Waals surface area contributed by atoms with Crippen LogP contribution < -0.4 is 10.1 Å². The molecule has 110 valence electrons. The maximum atomic E-state index is 12.0. The quantitative estimate of drug-likeness (QED) is 0.862. The zero-order valence-corrected chi connectivity index (χ0v) is 13.4. The van der Waals surface area contributed by atoms with Crippen molar-refractivity contribution in [3.8, 4) is 5.75 Å². The summed E-state index contributed by atoms with van der Waals surface area (Å²) in [6.07, 6.45) is 0.208. The highest BCUT2D eigenvalue weighted by atomic mass is 35.5. The van der Waals surface area contributed by atoms with Crippen LogP contribution in [0.3, 0.4) is 0 Å². The van der Waals surface area contributed by atoms with Crippen molar-refractivity contribution in [1.82, 2.24) is 0 Å². The van der Waals surface area contributed by atoms with Crippen LogP contribution in [0.5, 0.6) is 5.75 Å². The Hall–Kier alpha value is -1.42. The van der Waals surface area contributed by atoms with Crippen LogP contribution in [0.4, 0.5) is 5.69 Å². The highest BCUT2D eigenvalue weighted by Gasteiger charge is 2.11. The van der Waals surface area contributed by atoms with Gasteiger partial charge in [-0.05, 0) is 29.8 Å². The zero-order valence-electron chi connectivity index (χ0n) is 11.1. The Balaban J connectivity index is 2.08. The highest BCUT2D eigenvalue weighted by molar-refractivity contribution is 6.42. The van der Waals surface area contributed by atoms with E-state index < -0.39 is 0 Å². The maximum absolute atomic E-state index is 12.0. The van der Waals surface area contributed by atoms with Crippen LogP contribution >= 0.6 is 34.8 Å². The van der Waals surface area contributed by atoms with Crippen LogP contribution in [0.25, 0.3) is 0 Å². The van der Waals surface area contributed by atoms with Gasteiger partial charge in [0.25, 0.3) is 0 Å². The number of methoxy groups -OCH3 is 1. The summed E-state index contributed by atoms with van der Waals surface area (Å²) in [5.74, 6) is 0.522. The minimum absolute atomic E-state index is 0.208. The summed E-state index contributed by atoms with van der Waals surface area (Å²) in [6, 6.07) is 10.3. The van der Waals surface area contributed by atoms with Crippen molar-refractivity contribution in [3.05, 3.63) is 57.0 Å². The minimum atomic E-state index is -0.216. The molecule has 21 heavy (non-hydrogen) atoms. The topological polar surface area (TPSA) is 38.3 Å². The minimum Gasteiger partial charge on any atom is -0.497 e. The number of ether oxygens (including phenoxy) is 1. The van der Waals surface area contributed by atoms with Gasteiger partial charge in [0.05, 0.1) is 29.3 Å². The Kier molecular flexibility index (Phi) is 5.34. The summed E-state index contributed by atoms with van der Waals surface area (Å²) >= 11 is 17.9. The van der Waals surface area contributed by atoms with Crippen LogP contribution in [0.15, 0.2) is 36.4 Å². The summed E-state index contributed by atoms with van der Waals surface area (Å²) in [4.78, 5) is 12.0. The fraction of sp³-hybridized carbons (Fsp3) is 0.133. The number of carbonyl (C=O) groups is 1. The number of benzene rings is 2. The van der Waals surface area contributed by atoms with Crippen LogP contribution in [-0.4, -0.2) is 13.0 Å². The van der Waals surface area contributed by atoms with E-state index in [-0.39, 0.29) is 12.3 Å². The van der Waals surface area contributed by atoms with E-state index in [0.717, 1.165) is 11.3 Å². The predicted molar refractivity (Wildman–Crippen MR) is 86.8 cm³/mol. The summed E-state index contributed by atoms with van der Waals surface area (Å²) < 4.78 is 5.06. The molecular formula is C15H12Cl3NO2. The fourth-order valence-electron chi connectivity index (χ4n) is 1.77. The number of rotatable bonds is 4. The van der Waals surface area contributed by atoms with Gasteiger partial charge in [0.1, 0.15) is 5.75 Å². The lowest BCUT2D eigenvalue weighted by molar-refractivity contribution is -0.115. The Bertz CT molecular complexity index is 633. The number of nitrogens with one attached hydrogen (secondary N) is 1. The number of halogens is 3. The number of anilines is 1. The molecule has 0 saturated heterocycles. The van der Waals surface area contributed by atoms with E-state index >= 15 is 0 Å². The van der Waals surface area contributed by atoms with E-state index in [4.69, 9.17) is 39.5 Å². The van der Waals surface area contributed by atoms with Crippen molar-refractivity contribution in [2.45, 2.75) is 6.42 Å². The van der Waals surface area contributed by atoms with Gasteiger partial charge in [-0.1, -0.05) is 46.9 Å². The average molecular weight is 345 g/mol. The van der Waals surface area contributed by atoms with Gasteiger partial charge in [-0.2, -0.15) is 0 Å². The molecule has 0 atom stereocenters. The van der Waals surface area contributed by atoms with E-state index in [1.54, 1.807) is 19.2 Å². The zero-order chi connectivity index (χ0) is 15.4. The SMILES string of the molecule is COc1ccc(CC(=O)Nc2c(Cl)cc(Cl)cc2Cl)cc1. The smallest absolute Gasteiger partial charge is 0.228 e. The second kappa shape index (κ2) is 7.03. The Morgan fingerprint density at radius 1 is 1.10 bits per heavy atom. The van der Waals surface area contributed by atoms with Gasteiger partial charge in [-0.25, -0.2) is 0 Å². The lowest BCUT2D eigenvalue weighted by atomic mass is 10.1. The van der Waals surface area contributed by atoms with E-state index in [1.165, 1.54) is 12.1 Å². The number of hydrogen-bond donors (Lipinski definition) is 1. The Labute approximate surface area is 137 Å². The first kappa shape index (κ1) is 16.0. The van der Waals surface area contributed by atoms with E-state index in [2.05, 4.69) is 5.32 Å². The monoisotopic (exact) mass is 343 g/mol. The van der Waals surface area contributed by atoms with Gasteiger partial charge >= 0.3 is 0 Å². The average Bonchev–Trinajstić information content (AvgIpc) is 2.43. The molecule has 0 heterocycles. The molecule has 0 saturated carbocycles. The first-order chi connectivity index (χ1) is 9.99. The van der Waals surface area contributed by atoms with Crippen molar-refractivity contribution in [2.24, 2.45) is 0 Å². The molecule has 2 rings (SSSR count). The highest BCUT2D eigenvalue weighted by Crippen LogP contribution is 2.33. The molecule has 0 fully saturated rings. The van der Waals surface area contributed by atoms with Crippen molar-refractivity contribution in [3.63, 3.8) is 0 Å². The first-order valence-electron chi connectivity index (χ1n) is 6.07. The third-order valence-electron chi connectivity index (χ3n) is 2.80.